The van der Waals surface area contributed by atoms with E-state index in [4.69, 9.17) is 5.26 Å². The van der Waals surface area contributed by atoms with Gasteiger partial charge < -0.3 is 5.32 Å². The number of rotatable bonds is 2. The van der Waals surface area contributed by atoms with Crippen molar-refractivity contribution in [1.82, 2.24) is 0 Å². The second-order valence-corrected chi connectivity index (χ2v) is 5.80. The van der Waals surface area contributed by atoms with Gasteiger partial charge in [0.1, 0.15) is 6.07 Å². The normalized spacial score (nSPS) is 24.1. The lowest BCUT2D eigenvalue weighted by Gasteiger charge is -2.15. The number of nitrogens with zero attached hydrogens (tertiary/aromatic N) is 1. The van der Waals surface area contributed by atoms with Crippen LogP contribution in [0.4, 0.5) is 5.69 Å². The molecule has 1 heterocycles. The molecule has 1 aliphatic rings. The van der Waals surface area contributed by atoms with Crippen LogP contribution in [0.3, 0.4) is 0 Å². The monoisotopic (exact) mass is 232 g/mol. The number of hydrogen-bond donors (Lipinski definition) is 1. The first-order valence-corrected chi connectivity index (χ1v) is 6.63. The van der Waals surface area contributed by atoms with E-state index in [1.807, 2.05) is 36.9 Å². The summed E-state index contributed by atoms with van der Waals surface area (Å²) in [5.41, 5.74) is 2.82. The molecule has 2 rings (SSSR count). The van der Waals surface area contributed by atoms with E-state index in [2.05, 4.69) is 18.3 Å². The average Bonchev–Trinajstić information content (AvgIpc) is 2.64. The largest absolute Gasteiger partial charge is 0.380 e. The Balaban J connectivity index is 2.16. The molecule has 1 N–H and O–H groups in total. The van der Waals surface area contributed by atoms with E-state index < -0.39 is 0 Å². The molecule has 0 radical (unpaired) electrons. The second-order valence-electron chi connectivity index (χ2n) is 4.33. The molecule has 1 aromatic carbocycles. The van der Waals surface area contributed by atoms with Gasteiger partial charge in [-0.05, 0) is 25.0 Å². The lowest BCUT2D eigenvalue weighted by Crippen LogP contribution is -2.19. The van der Waals surface area contributed by atoms with Crippen LogP contribution in [0.2, 0.25) is 0 Å². The van der Waals surface area contributed by atoms with Crippen molar-refractivity contribution in [2.45, 2.75) is 31.6 Å². The summed E-state index contributed by atoms with van der Waals surface area (Å²) in [6, 6.07) is 8.77. The van der Waals surface area contributed by atoms with Crippen LogP contribution in [0, 0.1) is 18.3 Å². The molecular formula is C13H16N2S. The number of nitriles is 1. The van der Waals surface area contributed by atoms with Crippen molar-refractivity contribution in [2.75, 3.05) is 11.1 Å². The Bertz CT molecular complexity index is 422. The number of thioether (sulfide) groups is 1. The van der Waals surface area contributed by atoms with Crippen LogP contribution in [-0.4, -0.2) is 17.0 Å². The predicted octanol–water partition coefficient (Wildman–Crippen LogP) is 3.17. The predicted molar refractivity (Wildman–Crippen MR) is 69.8 cm³/mol. The smallest absolute Gasteiger partial charge is 0.102 e. The Morgan fingerprint density at radius 1 is 1.50 bits per heavy atom. The minimum absolute atomic E-state index is 0.508. The third kappa shape index (κ3) is 2.33. The van der Waals surface area contributed by atoms with Crippen LogP contribution in [0.25, 0.3) is 0 Å². The lowest BCUT2D eigenvalue weighted by molar-refractivity contribution is 0.747. The van der Waals surface area contributed by atoms with Gasteiger partial charge in [-0.3, -0.25) is 0 Å². The summed E-state index contributed by atoms with van der Waals surface area (Å²) < 4.78 is 0. The fourth-order valence-corrected chi connectivity index (χ4v) is 3.22. The van der Waals surface area contributed by atoms with E-state index in [0.29, 0.717) is 6.04 Å². The first-order valence-electron chi connectivity index (χ1n) is 5.58. The Morgan fingerprint density at radius 3 is 2.94 bits per heavy atom. The molecule has 0 aliphatic carbocycles. The Kier molecular flexibility index (Phi) is 3.40. The van der Waals surface area contributed by atoms with Gasteiger partial charge in [-0.2, -0.15) is 17.0 Å². The van der Waals surface area contributed by atoms with Gasteiger partial charge in [0, 0.05) is 17.0 Å². The zero-order valence-electron chi connectivity index (χ0n) is 9.66. The quantitative estimate of drug-likeness (QED) is 0.850. The number of hydrogen-bond acceptors (Lipinski definition) is 3. The molecule has 1 aliphatic heterocycles. The van der Waals surface area contributed by atoms with Gasteiger partial charge in [-0.25, -0.2) is 0 Å². The maximum absolute atomic E-state index is 9.13. The Hall–Kier alpha value is -1.14. The molecule has 2 nitrogen and oxygen atoms in total. The Morgan fingerprint density at radius 2 is 2.31 bits per heavy atom. The van der Waals surface area contributed by atoms with E-state index in [-0.39, 0.29) is 0 Å². The fourth-order valence-electron chi connectivity index (χ4n) is 2.07. The minimum atomic E-state index is 0.508. The summed E-state index contributed by atoms with van der Waals surface area (Å²) in [4.78, 5) is 0. The Labute approximate surface area is 101 Å². The topological polar surface area (TPSA) is 35.8 Å². The summed E-state index contributed by atoms with van der Waals surface area (Å²) in [7, 11) is 0. The van der Waals surface area contributed by atoms with E-state index in [1.165, 1.54) is 6.42 Å². The molecule has 0 saturated carbocycles. The third-order valence-electron chi connectivity index (χ3n) is 2.94. The molecule has 16 heavy (non-hydrogen) atoms. The van der Waals surface area contributed by atoms with Gasteiger partial charge >= 0.3 is 0 Å². The van der Waals surface area contributed by atoms with Crippen molar-refractivity contribution in [3.63, 3.8) is 0 Å². The van der Waals surface area contributed by atoms with Crippen LogP contribution >= 0.6 is 11.8 Å². The van der Waals surface area contributed by atoms with Crippen molar-refractivity contribution in [3.05, 3.63) is 29.3 Å². The molecule has 0 spiro atoms. The number of anilines is 1. The highest BCUT2D eigenvalue weighted by atomic mass is 32.2. The van der Waals surface area contributed by atoms with Crippen LogP contribution in [0.1, 0.15) is 24.5 Å². The number of benzene rings is 1. The van der Waals surface area contributed by atoms with E-state index >= 15 is 0 Å². The van der Waals surface area contributed by atoms with E-state index in [1.54, 1.807) is 0 Å². The zero-order chi connectivity index (χ0) is 11.5. The first kappa shape index (κ1) is 11.3. The highest BCUT2D eigenvalue weighted by Gasteiger charge is 2.22. The summed E-state index contributed by atoms with van der Waals surface area (Å²) in [5.74, 6) is 1.14. The van der Waals surface area contributed by atoms with E-state index in [0.717, 1.165) is 27.8 Å². The number of aryl methyl sites for hydroxylation is 1. The van der Waals surface area contributed by atoms with Crippen molar-refractivity contribution < 1.29 is 0 Å². The molecular weight excluding hydrogens is 216 g/mol. The van der Waals surface area contributed by atoms with Gasteiger partial charge in [-0.15, -0.1) is 0 Å². The molecule has 1 aromatic rings. The lowest BCUT2D eigenvalue weighted by atomic mass is 10.1. The van der Waals surface area contributed by atoms with Gasteiger partial charge in [-0.1, -0.05) is 19.1 Å². The van der Waals surface area contributed by atoms with Crippen molar-refractivity contribution in [1.29, 1.82) is 5.26 Å². The van der Waals surface area contributed by atoms with Gasteiger partial charge in [0.2, 0.25) is 0 Å². The summed E-state index contributed by atoms with van der Waals surface area (Å²) in [6.45, 7) is 4.24. The third-order valence-corrected chi connectivity index (χ3v) is 4.30. The molecule has 84 valence electrons. The van der Waals surface area contributed by atoms with Crippen molar-refractivity contribution in [3.8, 4) is 6.07 Å². The molecule has 2 unspecified atom stereocenters. The molecule has 0 amide bonds. The highest BCUT2D eigenvalue weighted by Crippen LogP contribution is 2.29. The van der Waals surface area contributed by atoms with E-state index in [9.17, 15) is 0 Å². The zero-order valence-corrected chi connectivity index (χ0v) is 10.5. The standard InChI is InChI=1S/C13H16N2S/c1-9-4-3-5-13(12(9)7-14)15-11-6-10(2)16-8-11/h3-5,10-11,15H,6,8H2,1-2H3. The van der Waals surface area contributed by atoms with Crippen LogP contribution in [-0.2, 0) is 0 Å². The summed E-state index contributed by atoms with van der Waals surface area (Å²) >= 11 is 2.00. The molecule has 1 saturated heterocycles. The van der Waals surface area contributed by atoms with Gasteiger partial charge in [0.15, 0.2) is 0 Å². The van der Waals surface area contributed by atoms with Crippen LogP contribution in [0.5, 0.6) is 0 Å². The SMILES string of the molecule is Cc1cccc(NC2CSC(C)C2)c1C#N. The van der Waals surface area contributed by atoms with Crippen LogP contribution in [0.15, 0.2) is 18.2 Å². The van der Waals surface area contributed by atoms with Crippen LogP contribution < -0.4 is 5.32 Å². The van der Waals surface area contributed by atoms with Crippen molar-refractivity contribution >= 4 is 17.4 Å². The maximum Gasteiger partial charge on any atom is 0.102 e. The average molecular weight is 232 g/mol. The fraction of sp³-hybridized carbons (Fsp3) is 0.462. The minimum Gasteiger partial charge on any atom is -0.380 e. The number of nitrogens with one attached hydrogen (secondary N) is 1. The van der Waals surface area contributed by atoms with Gasteiger partial charge in [0.05, 0.1) is 11.3 Å². The maximum atomic E-state index is 9.13. The molecule has 1 fully saturated rings. The molecule has 3 heteroatoms. The summed E-state index contributed by atoms with van der Waals surface area (Å²) in [6.07, 6.45) is 1.18. The second kappa shape index (κ2) is 4.80. The highest BCUT2D eigenvalue weighted by molar-refractivity contribution is 8.00. The van der Waals surface area contributed by atoms with Gasteiger partial charge in [0.25, 0.3) is 0 Å². The summed E-state index contributed by atoms with van der Waals surface area (Å²) in [5, 5.41) is 13.3. The molecule has 0 bridgehead atoms. The first-order chi connectivity index (χ1) is 7.70. The molecule has 0 aromatic heterocycles. The molecule has 2 atom stereocenters. The van der Waals surface area contributed by atoms with Crippen molar-refractivity contribution in [2.24, 2.45) is 0 Å².